The third-order valence-corrected chi connectivity index (χ3v) is 1.44. The van der Waals surface area contributed by atoms with Gasteiger partial charge >= 0.3 is 5.97 Å². The number of hydrogen-bond acceptors (Lipinski definition) is 4. The molecule has 1 N–H and O–H groups in total. The molecule has 0 aliphatic heterocycles. The number of esters is 1. The minimum atomic E-state index is -0.717. The number of methoxy groups -OCH3 is 1. The van der Waals surface area contributed by atoms with Gasteiger partial charge in [-0.25, -0.2) is 4.79 Å². The highest BCUT2D eigenvalue weighted by atomic mass is 16.5. The van der Waals surface area contributed by atoms with Gasteiger partial charge in [-0.05, 0) is 12.1 Å². The van der Waals surface area contributed by atoms with Crippen LogP contribution in [-0.2, 0) is 4.74 Å². The molecule has 5 nitrogen and oxygen atoms in total. The van der Waals surface area contributed by atoms with Crippen molar-refractivity contribution in [3.63, 3.8) is 0 Å². The quantitative estimate of drug-likeness (QED) is 0.615. The Morgan fingerprint density at radius 3 is 2.77 bits per heavy atom. The fourth-order valence-electron chi connectivity index (χ4n) is 0.810. The Kier molecular flexibility index (Phi) is 2.45. The molecule has 0 aromatic carbocycles. The van der Waals surface area contributed by atoms with Gasteiger partial charge in [-0.1, -0.05) is 0 Å². The summed E-state index contributed by atoms with van der Waals surface area (Å²) in [6, 6.07) is 4.34. The van der Waals surface area contributed by atoms with Crippen LogP contribution < -0.4 is 5.56 Å². The summed E-state index contributed by atoms with van der Waals surface area (Å²) in [5, 5.41) is 8.41. The molecule has 1 rings (SSSR count). The Balaban J connectivity index is 3.23. The molecule has 0 fully saturated rings. The number of hydrogen-bond donors (Lipinski definition) is 1. The summed E-state index contributed by atoms with van der Waals surface area (Å²) in [5.74, 6) is -0.717. The standard InChI is InChI=1S/C8H6N2O3/c1-13-8(12)6-3-2-5(4-9)10-7(6)11/h2-3H,1H3,(H,10,11). The minimum Gasteiger partial charge on any atom is -0.465 e. The molecule has 0 amide bonds. The van der Waals surface area contributed by atoms with Gasteiger partial charge in [0.05, 0.1) is 7.11 Å². The summed E-state index contributed by atoms with van der Waals surface area (Å²) in [6.45, 7) is 0. The molecule has 1 aromatic heterocycles. The van der Waals surface area contributed by atoms with Gasteiger partial charge in [-0.15, -0.1) is 0 Å². The van der Waals surface area contributed by atoms with Crippen LogP contribution in [0.25, 0.3) is 0 Å². The lowest BCUT2D eigenvalue weighted by atomic mass is 10.2. The van der Waals surface area contributed by atoms with Crippen molar-refractivity contribution < 1.29 is 9.53 Å². The number of carbonyl (C=O) groups excluding carboxylic acids is 1. The Labute approximate surface area is 73.6 Å². The minimum absolute atomic E-state index is 0.109. The topological polar surface area (TPSA) is 82.9 Å². The molecule has 5 heteroatoms. The first-order valence-electron chi connectivity index (χ1n) is 3.40. The first kappa shape index (κ1) is 9.00. The van der Waals surface area contributed by atoms with E-state index < -0.39 is 11.5 Å². The van der Waals surface area contributed by atoms with Crippen molar-refractivity contribution in [2.45, 2.75) is 0 Å². The van der Waals surface area contributed by atoms with Crippen LogP contribution in [0.2, 0.25) is 0 Å². The van der Waals surface area contributed by atoms with Gasteiger partial charge in [0, 0.05) is 0 Å². The maximum absolute atomic E-state index is 11.1. The SMILES string of the molecule is COC(=O)c1ccc(C#N)[nH]c1=O. The molecular weight excluding hydrogens is 172 g/mol. The highest BCUT2D eigenvalue weighted by molar-refractivity contribution is 5.88. The Morgan fingerprint density at radius 2 is 2.31 bits per heavy atom. The molecule has 0 bridgehead atoms. The van der Waals surface area contributed by atoms with Crippen molar-refractivity contribution >= 4 is 5.97 Å². The zero-order valence-corrected chi connectivity index (χ0v) is 6.83. The molecule has 13 heavy (non-hydrogen) atoms. The van der Waals surface area contributed by atoms with Crippen molar-refractivity contribution in [1.29, 1.82) is 5.26 Å². The lowest BCUT2D eigenvalue weighted by Crippen LogP contribution is -2.19. The van der Waals surface area contributed by atoms with Gasteiger partial charge in [-0.3, -0.25) is 4.79 Å². The fourth-order valence-corrected chi connectivity index (χ4v) is 0.810. The highest BCUT2D eigenvalue weighted by Crippen LogP contribution is 1.95. The van der Waals surface area contributed by atoms with Gasteiger partial charge in [0.25, 0.3) is 5.56 Å². The van der Waals surface area contributed by atoms with Crippen molar-refractivity contribution in [3.05, 3.63) is 33.7 Å². The molecule has 0 saturated carbocycles. The van der Waals surface area contributed by atoms with Gasteiger partial charge in [-0.2, -0.15) is 5.26 Å². The molecule has 0 spiro atoms. The molecule has 0 atom stereocenters. The predicted molar refractivity (Wildman–Crippen MR) is 43.1 cm³/mol. The molecular formula is C8H6N2O3. The molecule has 0 aliphatic carbocycles. The molecule has 1 heterocycles. The lowest BCUT2D eigenvalue weighted by Gasteiger charge is -1.96. The van der Waals surface area contributed by atoms with Crippen molar-refractivity contribution in [3.8, 4) is 6.07 Å². The van der Waals surface area contributed by atoms with E-state index >= 15 is 0 Å². The van der Waals surface area contributed by atoms with Gasteiger partial charge in [0.15, 0.2) is 0 Å². The summed E-state index contributed by atoms with van der Waals surface area (Å²) in [4.78, 5) is 24.2. The number of carbonyl (C=O) groups is 1. The maximum Gasteiger partial charge on any atom is 0.343 e. The van der Waals surface area contributed by atoms with E-state index in [1.807, 2.05) is 0 Å². The van der Waals surface area contributed by atoms with E-state index in [-0.39, 0.29) is 11.3 Å². The molecule has 0 radical (unpaired) electrons. The summed E-state index contributed by atoms with van der Waals surface area (Å²) < 4.78 is 4.35. The zero-order chi connectivity index (χ0) is 9.84. The van der Waals surface area contributed by atoms with Crippen molar-refractivity contribution in [2.75, 3.05) is 7.11 Å². The second-order valence-electron chi connectivity index (χ2n) is 2.22. The number of aromatic amines is 1. The maximum atomic E-state index is 11.1. The number of rotatable bonds is 1. The molecule has 0 unspecified atom stereocenters. The van der Waals surface area contributed by atoms with E-state index in [1.54, 1.807) is 6.07 Å². The van der Waals surface area contributed by atoms with Crippen molar-refractivity contribution in [2.24, 2.45) is 0 Å². The first-order chi connectivity index (χ1) is 6.19. The molecule has 0 aliphatic rings. The summed E-state index contributed by atoms with van der Waals surface area (Å²) in [7, 11) is 1.18. The van der Waals surface area contributed by atoms with E-state index in [2.05, 4.69) is 9.72 Å². The Bertz CT molecular complexity index is 428. The Morgan fingerprint density at radius 1 is 1.62 bits per heavy atom. The van der Waals surface area contributed by atoms with Crippen LogP contribution in [-0.4, -0.2) is 18.1 Å². The number of nitrogens with one attached hydrogen (secondary N) is 1. The second-order valence-corrected chi connectivity index (χ2v) is 2.22. The highest BCUT2D eigenvalue weighted by Gasteiger charge is 2.09. The summed E-state index contributed by atoms with van der Waals surface area (Å²) in [6.07, 6.45) is 0. The number of pyridine rings is 1. The lowest BCUT2D eigenvalue weighted by molar-refractivity contribution is 0.0598. The molecule has 0 saturated heterocycles. The number of nitrogens with zero attached hydrogens (tertiary/aromatic N) is 1. The van der Waals surface area contributed by atoms with E-state index in [0.717, 1.165) is 0 Å². The van der Waals surface area contributed by atoms with Gasteiger partial charge < -0.3 is 9.72 Å². The summed E-state index contributed by atoms with van der Waals surface area (Å²) in [5.41, 5.74) is -0.620. The third kappa shape index (κ3) is 1.73. The normalized spacial score (nSPS) is 8.92. The first-order valence-corrected chi connectivity index (χ1v) is 3.40. The van der Waals surface area contributed by atoms with Gasteiger partial charge in [0.1, 0.15) is 17.3 Å². The van der Waals surface area contributed by atoms with Crippen LogP contribution in [0.5, 0.6) is 0 Å². The molecule has 66 valence electrons. The van der Waals surface area contributed by atoms with Crippen LogP contribution in [0.1, 0.15) is 16.1 Å². The van der Waals surface area contributed by atoms with E-state index in [0.29, 0.717) is 0 Å². The van der Waals surface area contributed by atoms with Crippen LogP contribution in [0.3, 0.4) is 0 Å². The number of ether oxygens (including phenoxy) is 1. The van der Waals surface area contributed by atoms with E-state index in [9.17, 15) is 9.59 Å². The number of nitriles is 1. The van der Waals surface area contributed by atoms with Crippen molar-refractivity contribution in [1.82, 2.24) is 4.98 Å². The van der Waals surface area contributed by atoms with E-state index in [1.165, 1.54) is 19.2 Å². The second kappa shape index (κ2) is 3.54. The number of aromatic nitrogens is 1. The van der Waals surface area contributed by atoms with Crippen LogP contribution in [0, 0.1) is 11.3 Å². The van der Waals surface area contributed by atoms with Gasteiger partial charge in [0.2, 0.25) is 0 Å². The average molecular weight is 178 g/mol. The van der Waals surface area contributed by atoms with E-state index in [4.69, 9.17) is 5.26 Å². The Hall–Kier alpha value is -2.09. The summed E-state index contributed by atoms with van der Waals surface area (Å²) >= 11 is 0. The smallest absolute Gasteiger partial charge is 0.343 e. The predicted octanol–water partition coefficient (Wildman–Crippen LogP) is 0.0332. The largest absolute Gasteiger partial charge is 0.465 e. The molecule has 1 aromatic rings. The van der Waals surface area contributed by atoms with Crippen LogP contribution in [0.15, 0.2) is 16.9 Å². The zero-order valence-electron chi connectivity index (χ0n) is 6.83. The van der Waals surface area contributed by atoms with Crippen LogP contribution in [0.4, 0.5) is 0 Å². The monoisotopic (exact) mass is 178 g/mol. The van der Waals surface area contributed by atoms with Crippen LogP contribution >= 0.6 is 0 Å². The number of H-pyrrole nitrogens is 1. The average Bonchev–Trinajstić information content (AvgIpc) is 2.16. The third-order valence-electron chi connectivity index (χ3n) is 1.44. The fraction of sp³-hybridized carbons (Fsp3) is 0.125.